The van der Waals surface area contributed by atoms with Crippen molar-refractivity contribution in [3.63, 3.8) is 0 Å². The molecule has 0 unspecified atom stereocenters. The first-order valence-electron chi connectivity index (χ1n) is 19.0. The molecule has 0 aliphatic rings. The van der Waals surface area contributed by atoms with Crippen molar-refractivity contribution in [3.05, 3.63) is 173 Å². The molecule has 3 heterocycles. The third-order valence-electron chi connectivity index (χ3n) is 9.69. The largest absolute Gasteiger partial charge is 0.342 e. The average molecular weight is 924 g/mol. The summed E-state index contributed by atoms with van der Waals surface area (Å²) >= 11 is 0. The molecule has 0 fully saturated rings. The smallest absolute Gasteiger partial charge is 0.242 e. The Balaban J connectivity index is 0.000000302. The molecule has 4 aromatic carbocycles. The fourth-order valence-electron chi connectivity index (χ4n) is 6.39. The first-order valence-corrected chi connectivity index (χ1v) is 19.0. The summed E-state index contributed by atoms with van der Waals surface area (Å²) in [4.78, 5) is 13.4. The zero-order chi connectivity index (χ0) is 39.9. The minimum Gasteiger partial charge on any atom is -0.342 e. The Kier molecular flexibility index (Phi) is 13.8. The second-order valence-corrected chi connectivity index (χ2v) is 16.1. The van der Waals surface area contributed by atoms with Crippen molar-refractivity contribution in [1.29, 1.82) is 5.26 Å². The third kappa shape index (κ3) is 10.8. The average Bonchev–Trinajstić information content (AvgIpc) is 3.55. The molecule has 7 rings (SSSR count). The van der Waals surface area contributed by atoms with Crippen molar-refractivity contribution >= 4 is 16.7 Å². The number of pyridine rings is 2. The van der Waals surface area contributed by atoms with Crippen LogP contribution in [0.1, 0.15) is 82.5 Å². The van der Waals surface area contributed by atoms with Crippen LogP contribution < -0.4 is 4.57 Å². The minimum atomic E-state index is -0.00324. The first kappa shape index (κ1) is 42.4. The third-order valence-corrected chi connectivity index (χ3v) is 9.69. The summed E-state index contributed by atoms with van der Waals surface area (Å²) in [5.74, 6) is 0. The van der Waals surface area contributed by atoms with Gasteiger partial charge in [0.05, 0.1) is 18.1 Å². The van der Waals surface area contributed by atoms with Crippen LogP contribution in [0.25, 0.3) is 44.1 Å². The number of rotatable bonds is 8. The van der Waals surface area contributed by atoms with Crippen LogP contribution in [-0.4, -0.2) is 14.5 Å². The second-order valence-electron chi connectivity index (χ2n) is 16.1. The van der Waals surface area contributed by atoms with Gasteiger partial charge in [0.2, 0.25) is 12.0 Å². The number of aryl methyl sites for hydroxylation is 3. The van der Waals surface area contributed by atoms with Crippen LogP contribution in [0, 0.1) is 42.4 Å². The van der Waals surface area contributed by atoms with Crippen LogP contribution in [0.5, 0.6) is 0 Å². The fraction of sp³-hybridized carbons (Fsp3) is 0.260. The Bertz CT molecular complexity index is 2390. The number of nitrogens with zero attached hydrogens (tertiary/aromatic N) is 6. The van der Waals surface area contributed by atoms with Gasteiger partial charge in [-0.25, -0.2) is 5.26 Å². The van der Waals surface area contributed by atoms with E-state index in [1.165, 1.54) is 16.6 Å². The molecular formula is C50H47IrN6-3. The topological polar surface area (TPSA) is 62.7 Å². The summed E-state index contributed by atoms with van der Waals surface area (Å²) in [5.41, 5.74) is 12.8. The number of para-hydroxylation sites is 3. The molecule has 0 amide bonds. The number of unbranched alkanes of at least 4 members (excludes halogenated alkanes) is 1. The molecule has 0 aliphatic heterocycles. The first-order chi connectivity index (χ1) is 26.8. The van der Waals surface area contributed by atoms with Crippen LogP contribution >= 0.6 is 0 Å². The molecule has 3 aromatic heterocycles. The van der Waals surface area contributed by atoms with Crippen LogP contribution in [0.4, 0.5) is 5.69 Å². The van der Waals surface area contributed by atoms with E-state index in [1.807, 2.05) is 76.8 Å². The Hall–Kier alpha value is -5.72. The number of hydrogen-bond donors (Lipinski definition) is 0. The maximum absolute atomic E-state index is 9.14. The molecule has 7 aromatic rings. The number of fused-ring (bicyclic) bond motifs is 1. The molecule has 6 nitrogen and oxygen atoms in total. The van der Waals surface area contributed by atoms with Gasteiger partial charge in [-0.15, -0.1) is 47.5 Å². The summed E-state index contributed by atoms with van der Waals surface area (Å²) in [7, 11) is 2.00. The normalized spacial score (nSPS) is 11.2. The summed E-state index contributed by atoms with van der Waals surface area (Å²) < 4.78 is 4.02. The molecule has 0 spiro atoms. The van der Waals surface area contributed by atoms with Crippen LogP contribution in [0.3, 0.4) is 0 Å². The zero-order valence-electron chi connectivity index (χ0n) is 33.7. The van der Waals surface area contributed by atoms with Gasteiger partial charge < -0.3 is 19.1 Å². The Morgan fingerprint density at radius 3 is 1.81 bits per heavy atom. The maximum Gasteiger partial charge on any atom is 0.242 e. The van der Waals surface area contributed by atoms with E-state index >= 15 is 0 Å². The number of aromatic nitrogens is 4. The SMILES string of the molecule is C[n+]1[c-]n(-c2[c-]cccc2)c2ccccc21.[C-]#[N+]c1c[c-]c(-c2cc(C(C)(C)C)cc(CCCCc3cc(C(C)(C)C)cc(-c4[c-]cc(C#N)cc4)n3)n2)cc1.[Ir]. The Labute approximate surface area is 352 Å². The van der Waals surface area contributed by atoms with Gasteiger partial charge in [0.15, 0.2) is 0 Å². The van der Waals surface area contributed by atoms with Gasteiger partial charge in [0.25, 0.3) is 0 Å². The number of imidazole rings is 1. The Morgan fingerprint density at radius 1 is 0.737 bits per heavy atom. The molecular weight excluding hydrogens is 877 g/mol. The van der Waals surface area contributed by atoms with Crippen LogP contribution in [0.15, 0.2) is 109 Å². The van der Waals surface area contributed by atoms with Crippen molar-refractivity contribution in [3.8, 4) is 34.3 Å². The standard InChI is InChI=1S/C36H36N4.C14H11N2.Ir/c1-35(2,3)28-20-31(39-33(22-28)26-14-12-25(24-37)13-15-26)10-8-9-11-32-21-29(36(4,5)6)23-34(40-32)27-16-18-30(38-7)19-17-27;1-15-11-16(12-7-3-2-4-8-12)14-10-6-5-9-13(14)15;/h12-14,16,18-23H,8-11H2,1-6H3;2-7,9-10H,1H3;/q-2;-1;. The molecule has 0 aliphatic carbocycles. The van der Waals surface area contributed by atoms with E-state index in [0.29, 0.717) is 11.3 Å². The maximum atomic E-state index is 9.14. The predicted octanol–water partition coefficient (Wildman–Crippen LogP) is 11.0. The number of nitriles is 1. The molecule has 57 heavy (non-hydrogen) atoms. The minimum absolute atomic E-state index is 0. The zero-order valence-corrected chi connectivity index (χ0v) is 36.1. The van der Waals surface area contributed by atoms with Gasteiger partial charge in [-0.05, 0) is 76.7 Å². The van der Waals surface area contributed by atoms with Gasteiger partial charge in [-0.1, -0.05) is 95.8 Å². The predicted molar refractivity (Wildman–Crippen MR) is 224 cm³/mol. The molecule has 1 radical (unpaired) electrons. The molecule has 7 heteroatoms. The molecule has 0 N–H and O–H groups in total. The van der Waals surface area contributed by atoms with E-state index < -0.39 is 0 Å². The van der Waals surface area contributed by atoms with Crippen molar-refractivity contribution < 1.29 is 24.7 Å². The van der Waals surface area contributed by atoms with Crippen LogP contribution in [0.2, 0.25) is 0 Å². The fourth-order valence-corrected chi connectivity index (χ4v) is 6.39. The molecule has 0 saturated carbocycles. The van der Waals surface area contributed by atoms with Gasteiger partial charge in [-0.3, -0.25) is 0 Å². The van der Waals surface area contributed by atoms with E-state index in [1.54, 1.807) is 12.1 Å². The summed E-state index contributed by atoms with van der Waals surface area (Å²) in [5, 5.41) is 9.14. The van der Waals surface area contributed by atoms with Crippen molar-refractivity contribution in [2.24, 2.45) is 7.05 Å². The molecule has 289 valence electrons. The van der Waals surface area contributed by atoms with Crippen molar-refractivity contribution in [2.45, 2.75) is 78.1 Å². The van der Waals surface area contributed by atoms with Crippen molar-refractivity contribution in [1.82, 2.24) is 14.5 Å². The van der Waals surface area contributed by atoms with E-state index in [4.69, 9.17) is 21.8 Å². The number of benzene rings is 4. The summed E-state index contributed by atoms with van der Waals surface area (Å²) in [6, 6.07) is 47.7. The van der Waals surface area contributed by atoms with Gasteiger partial charge in [0, 0.05) is 37.6 Å². The quantitative estimate of drug-likeness (QED) is 0.0867. The Morgan fingerprint density at radius 2 is 1.32 bits per heavy atom. The van der Waals surface area contributed by atoms with Gasteiger partial charge in [-0.2, -0.15) is 35.2 Å². The van der Waals surface area contributed by atoms with E-state index in [9.17, 15) is 0 Å². The second kappa shape index (κ2) is 18.5. The van der Waals surface area contributed by atoms with E-state index in [2.05, 4.69) is 113 Å². The molecule has 0 saturated heterocycles. The summed E-state index contributed by atoms with van der Waals surface area (Å²) in [6.45, 7) is 20.5. The monoisotopic (exact) mass is 924 g/mol. The number of hydrogen-bond acceptors (Lipinski definition) is 3. The summed E-state index contributed by atoms with van der Waals surface area (Å²) in [6.07, 6.45) is 7.03. The van der Waals surface area contributed by atoms with E-state index in [-0.39, 0.29) is 30.9 Å². The molecule has 0 bridgehead atoms. The van der Waals surface area contributed by atoms with Crippen LogP contribution in [-0.2, 0) is 50.8 Å². The van der Waals surface area contributed by atoms with Gasteiger partial charge >= 0.3 is 0 Å². The van der Waals surface area contributed by atoms with E-state index in [0.717, 1.165) is 70.8 Å². The van der Waals surface area contributed by atoms with Gasteiger partial charge in [0.1, 0.15) is 6.57 Å². The van der Waals surface area contributed by atoms with Crippen molar-refractivity contribution in [2.75, 3.05) is 0 Å². The molecule has 0 atom stereocenters.